The van der Waals surface area contributed by atoms with E-state index in [4.69, 9.17) is 0 Å². The smallest absolute Gasteiger partial charge is 0.287 e. The predicted molar refractivity (Wildman–Crippen MR) is 58.1 cm³/mol. The highest BCUT2D eigenvalue weighted by molar-refractivity contribution is 8.13. The molecule has 0 rings (SSSR count). The van der Waals surface area contributed by atoms with Gasteiger partial charge < -0.3 is 0 Å². The molecule has 0 aliphatic rings. The number of carbonyl (C=O) groups is 1. The summed E-state index contributed by atoms with van der Waals surface area (Å²) >= 11 is 0.254. The van der Waals surface area contributed by atoms with Crippen LogP contribution in [-0.2, 0) is 4.79 Å². The van der Waals surface area contributed by atoms with Gasteiger partial charge >= 0.3 is 18.0 Å². The van der Waals surface area contributed by atoms with Crippen molar-refractivity contribution in [2.24, 2.45) is 0 Å². The SMILES string of the molecule is CCC(=O)SCCC(F)(F)C(F)(F)C(F)C(F)C(F)(F)F. The fourth-order valence-electron chi connectivity index (χ4n) is 1.11. The molecule has 126 valence electrons. The van der Waals surface area contributed by atoms with Crippen molar-refractivity contribution in [2.45, 2.75) is 50.1 Å². The summed E-state index contributed by atoms with van der Waals surface area (Å²) in [6.45, 7) is 1.37. The van der Waals surface area contributed by atoms with Crippen LogP contribution in [0.4, 0.5) is 39.5 Å². The minimum Gasteiger partial charge on any atom is -0.287 e. The Labute approximate surface area is 118 Å². The number of hydrogen-bond donors (Lipinski definition) is 0. The van der Waals surface area contributed by atoms with Crippen molar-refractivity contribution < 1.29 is 44.3 Å². The fraction of sp³-hybridized carbons (Fsp3) is 0.900. The first-order valence-corrected chi connectivity index (χ1v) is 6.52. The third-order valence-electron chi connectivity index (χ3n) is 2.37. The van der Waals surface area contributed by atoms with Gasteiger partial charge in [-0.2, -0.15) is 30.7 Å². The van der Waals surface area contributed by atoms with Gasteiger partial charge in [0.15, 0.2) is 5.12 Å². The third kappa shape index (κ3) is 5.26. The Balaban J connectivity index is 4.89. The zero-order chi connectivity index (χ0) is 17.1. The largest absolute Gasteiger partial charge is 0.422 e. The Bertz CT molecular complexity index is 355. The first kappa shape index (κ1) is 20.4. The summed E-state index contributed by atoms with van der Waals surface area (Å²) in [4.78, 5) is 10.8. The first-order valence-electron chi connectivity index (χ1n) is 5.53. The molecule has 0 bridgehead atoms. The van der Waals surface area contributed by atoms with E-state index in [0.29, 0.717) is 0 Å². The van der Waals surface area contributed by atoms with Crippen LogP contribution in [0.15, 0.2) is 0 Å². The standard InChI is InChI=1S/C10H11F9OS/c1-2-5(20)21-4-3-8(13,14)9(15,16)6(11)7(12)10(17,18)19/h6-7H,2-4H2,1H3. The maximum absolute atomic E-state index is 13.1. The van der Waals surface area contributed by atoms with E-state index in [9.17, 15) is 44.3 Å². The monoisotopic (exact) mass is 350 g/mol. The topological polar surface area (TPSA) is 17.1 Å². The lowest BCUT2D eigenvalue weighted by Crippen LogP contribution is -2.54. The van der Waals surface area contributed by atoms with E-state index in [1.165, 1.54) is 6.92 Å². The number of alkyl halides is 9. The summed E-state index contributed by atoms with van der Waals surface area (Å²) in [5.41, 5.74) is 0. The molecule has 1 nitrogen and oxygen atoms in total. The second-order valence-corrected chi connectivity index (χ2v) is 5.15. The first-order chi connectivity index (χ1) is 9.27. The highest BCUT2D eigenvalue weighted by atomic mass is 32.2. The van der Waals surface area contributed by atoms with Crippen LogP contribution in [0.2, 0.25) is 0 Å². The number of thioether (sulfide) groups is 1. The zero-order valence-electron chi connectivity index (χ0n) is 10.5. The molecule has 2 atom stereocenters. The third-order valence-corrected chi connectivity index (χ3v) is 3.39. The molecular formula is C10H11F9OS. The van der Waals surface area contributed by atoms with Crippen molar-refractivity contribution in [2.75, 3.05) is 5.75 Å². The van der Waals surface area contributed by atoms with Crippen molar-refractivity contribution in [1.29, 1.82) is 0 Å². The summed E-state index contributed by atoms with van der Waals surface area (Å²) < 4.78 is 113. The van der Waals surface area contributed by atoms with Crippen LogP contribution in [0.1, 0.15) is 19.8 Å². The Kier molecular flexibility index (Phi) is 6.89. The Morgan fingerprint density at radius 2 is 1.48 bits per heavy atom. The molecular weight excluding hydrogens is 339 g/mol. The van der Waals surface area contributed by atoms with E-state index >= 15 is 0 Å². The lowest BCUT2D eigenvalue weighted by molar-refractivity contribution is -0.280. The van der Waals surface area contributed by atoms with Gasteiger partial charge in [-0.05, 0) is 0 Å². The van der Waals surface area contributed by atoms with Gasteiger partial charge in [0, 0.05) is 18.6 Å². The molecule has 0 aromatic heterocycles. The van der Waals surface area contributed by atoms with Gasteiger partial charge in [-0.15, -0.1) is 0 Å². The van der Waals surface area contributed by atoms with Crippen molar-refractivity contribution in [1.82, 2.24) is 0 Å². The lowest BCUT2D eigenvalue weighted by Gasteiger charge is -2.30. The summed E-state index contributed by atoms with van der Waals surface area (Å²) in [6.07, 6.45) is -17.3. The highest BCUT2D eigenvalue weighted by Gasteiger charge is 2.67. The van der Waals surface area contributed by atoms with E-state index < -0.39 is 47.7 Å². The summed E-state index contributed by atoms with van der Waals surface area (Å²) in [5, 5.41) is -0.607. The van der Waals surface area contributed by atoms with Crippen LogP contribution in [0.5, 0.6) is 0 Å². The average molecular weight is 350 g/mol. The molecule has 0 saturated heterocycles. The van der Waals surface area contributed by atoms with Crippen LogP contribution >= 0.6 is 11.8 Å². The molecule has 0 aromatic carbocycles. The molecule has 0 N–H and O–H groups in total. The zero-order valence-corrected chi connectivity index (χ0v) is 11.3. The number of hydrogen-bond acceptors (Lipinski definition) is 2. The molecule has 0 fully saturated rings. The van der Waals surface area contributed by atoms with Crippen LogP contribution in [0, 0.1) is 0 Å². The molecule has 0 heterocycles. The molecule has 0 spiro atoms. The van der Waals surface area contributed by atoms with Crippen LogP contribution < -0.4 is 0 Å². The van der Waals surface area contributed by atoms with E-state index in [1.807, 2.05) is 0 Å². The van der Waals surface area contributed by atoms with Gasteiger partial charge in [0.1, 0.15) is 0 Å². The predicted octanol–water partition coefficient (Wildman–Crippen LogP) is 4.56. The minimum absolute atomic E-state index is 0.0704. The number of rotatable bonds is 7. The number of carbonyl (C=O) groups excluding carboxylic acids is 1. The van der Waals surface area contributed by atoms with Crippen molar-refractivity contribution in [3.8, 4) is 0 Å². The second-order valence-electron chi connectivity index (χ2n) is 4.00. The quantitative estimate of drug-likeness (QED) is 0.627. The van der Waals surface area contributed by atoms with E-state index in [2.05, 4.69) is 0 Å². The molecule has 0 amide bonds. The van der Waals surface area contributed by atoms with Gasteiger partial charge in [-0.1, -0.05) is 18.7 Å². The molecule has 11 heteroatoms. The van der Waals surface area contributed by atoms with Gasteiger partial charge in [0.2, 0.25) is 12.3 Å². The fourth-order valence-corrected chi connectivity index (χ4v) is 1.90. The van der Waals surface area contributed by atoms with E-state index in [0.717, 1.165) is 0 Å². The normalized spacial score (nSPS) is 16.7. The average Bonchev–Trinajstić information content (AvgIpc) is 2.34. The van der Waals surface area contributed by atoms with Crippen molar-refractivity contribution >= 4 is 16.9 Å². The van der Waals surface area contributed by atoms with Crippen molar-refractivity contribution in [3.05, 3.63) is 0 Å². The highest BCUT2D eigenvalue weighted by Crippen LogP contribution is 2.45. The van der Waals surface area contributed by atoms with Crippen molar-refractivity contribution in [3.63, 3.8) is 0 Å². The summed E-state index contributed by atoms with van der Waals surface area (Å²) in [5.74, 6) is -11.9. The van der Waals surface area contributed by atoms with Crippen LogP contribution in [0.25, 0.3) is 0 Å². The molecule has 0 saturated carbocycles. The molecule has 0 aliphatic carbocycles. The molecule has 2 unspecified atom stereocenters. The Morgan fingerprint density at radius 1 is 1.00 bits per heavy atom. The maximum Gasteiger partial charge on any atom is 0.422 e. The number of halogens is 9. The van der Waals surface area contributed by atoms with Gasteiger partial charge in [-0.3, -0.25) is 4.79 Å². The van der Waals surface area contributed by atoms with Gasteiger partial charge in [0.05, 0.1) is 0 Å². The second kappa shape index (κ2) is 7.10. The van der Waals surface area contributed by atoms with E-state index in [-0.39, 0.29) is 18.2 Å². The van der Waals surface area contributed by atoms with Gasteiger partial charge in [0.25, 0.3) is 0 Å². The summed E-state index contributed by atoms with van der Waals surface area (Å²) in [7, 11) is 0. The van der Waals surface area contributed by atoms with Gasteiger partial charge in [-0.25, -0.2) is 8.78 Å². The summed E-state index contributed by atoms with van der Waals surface area (Å²) in [6, 6.07) is 0. The molecule has 21 heavy (non-hydrogen) atoms. The Hall–Kier alpha value is -0.610. The van der Waals surface area contributed by atoms with E-state index in [1.54, 1.807) is 0 Å². The maximum atomic E-state index is 13.1. The van der Waals surface area contributed by atoms with Crippen LogP contribution in [0.3, 0.4) is 0 Å². The Morgan fingerprint density at radius 3 is 1.86 bits per heavy atom. The van der Waals surface area contributed by atoms with Crippen LogP contribution in [-0.4, -0.2) is 41.2 Å². The minimum atomic E-state index is -6.02. The molecule has 0 radical (unpaired) electrons. The molecule has 0 aromatic rings. The lowest BCUT2D eigenvalue weighted by atomic mass is 10.0. The molecule has 0 aliphatic heterocycles.